The Kier molecular flexibility index (Phi) is 6.67. The van der Waals surface area contributed by atoms with Crippen molar-refractivity contribution in [3.63, 3.8) is 0 Å². The Morgan fingerprint density at radius 1 is 0.939 bits per heavy atom. The van der Waals surface area contributed by atoms with Crippen LogP contribution in [0.15, 0.2) is 59.7 Å². The number of halogens is 2. The summed E-state index contributed by atoms with van der Waals surface area (Å²) in [5.41, 5.74) is 3.66. The molecule has 0 atom stereocenters. The maximum atomic E-state index is 12.4. The molecule has 0 aromatic heterocycles. The number of nitrogens with zero attached hydrogens (tertiary/aromatic N) is 1. The molecular formula is C23H16Cl2N2O6. The molecule has 1 aliphatic rings. The average Bonchev–Trinajstić information content (AvgIpc) is 3.29. The first-order valence-corrected chi connectivity index (χ1v) is 10.3. The normalized spacial score (nSPS) is 12.0. The number of amides is 1. The fourth-order valence-electron chi connectivity index (χ4n) is 2.90. The molecule has 3 aromatic rings. The highest BCUT2D eigenvalue weighted by atomic mass is 35.5. The zero-order valence-electron chi connectivity index (χ0n) is 17.1. The molecule has 0 saturated carbocycles. The van der Waals surface area contributed by atoms with Gasteiger partial charge in [-0.3, -0.25) is 4.79 Å². The number of benzene rings is 3. The van der Waals surface area contributed by atoms with Crippen molar-refractivity contribution in [1.29, 1.82) is 0 Å². The lowest BCUT2D eigenvalue weighted by atomic mass is 10.2. The van der Waals surface area contributed by atoms with E-state index in [9.17, 15) is 9.59 Å². The van der Waals surface area contributed by atoms with Crippen molar-refractivity contribution in [3.8, 4) is 23.0 Å². The molecule has 33 heavy (non-hydrogen) atoms. The molecule has 0 spiro atoms. The number of esters is 1. The Hall–Kier alpha value is -3.75. The minimum Gasteiger partial charge on any atom is -0.493 e. The largest absolute Gasteiger partial charge is 0.493 e. The molecule has 8 nitrogen and oxygen atoms in total. The second kappa shape index (κ2) is 9.81. The third kappa shape index (κ3) is 5.19. The van der Waals surface area contributed by atoms with Gasteiger partial charge in [-0.2, -0.15) is 5.10 Å². The van der Waals surface area contributed by atoms with Crippen LogP contribution in [-0.2, 0) is 0 Å². The number of rotatable bonds is 6. The second-order valence-corrected chi connectivity index (χ2v) is 7.51. The van der Waals surface area contributed by atoms with Gasteiger partial charge in [0, 0.05) is 5.56 Å². The number of hydrogen-bond donors (Lipinski definition) is 1. The summed E-state index contributed by atoms with van der Waals surface area (Å²) in [4.78, 5) is 24.7. The molecule has 0 radical (unpaired) electrons. The summed E-state index contributed by atoms with van der Waals surface area (Å²) in [5, 5.41) is 4.53. The van der Waals surface area contributed by atoms with E-state index >= 15 is 0 Å². The van der Waals surface area contributed by atoms with E-state index in [0.717, 1.165) is 0 Å². The smallest absolute Gasteiger partial charge is 0.343 e. The van der Waals surface area contributed by atoms with E-state index in [0.29, 0.717) is 33.4 Å². The molecule has 0 bridgehead atoms. The number of nitrogens with one attached hydrogen (secondary N) is 1. The number of carbonyl (C=O) groups excluding carboxylic acids is 2. The molecule has 1 N–H and O–H groups in total. The first kappa shape index (κ1) is 22.4. The number of hydrazone groups is 1. The number of hydrogen-bond acceptors (Lipinski definition) is 7. The number of carbonyl (C=O) groups is 2. The monoisotopic (exact) mass is 486 g/mol. The van der Waals surface area contributed by atoms with E-state index in [4.69, 9.17) is 42.1 Å². The molecule has 1 heterocycles. The Balaban J connectivity index is 1.41. The van der Waals surface area contributed by atoms with Crippen molar-refractivity contribution < 1.29 is 28.5 Å². The number of ether oxygens (including phenoxy) is 4. The van der Waals surface area contributed by atoms with Gasteiger partial charge in [-0.05, 0) is 60.2 Å². The maximum absolute atomic E-state index is 12.4. The average molecular weight is 487 g/mol. The van der Waals surface area contributed by atoms with Gasteiger partial charge in [0.1, 0.15) is 0 Å². The standard InChI is InChI=1S/C23H16Cl2N2O6/c1-30-20-8-13(2-6-19(20)33-23(29)15-3-5-16(24)17(25)9-15)11-26-27-22(28)14-4-7-18-21(10-14)32-12-31-18/h2-11H,12H2,1H3,(H,27,28). The third-order valence-corrected chi connectivity index (χ3v) is 5.30. The van der Waals surface area contributed by atoms with Crippen molar-refractivity contribution in [2.45, 2.75) is 0 Å². The summed E-state index contributed by atoms with van der Waals surface area (Å²) in [5.74, 6) is 0.557. The first-order chi connectivity index (χ1) is 15.9. The highest BCUT2D eigenvalue weighted by Gasteiger charge is 2.16. The minimum atomic E-state index is -0.621. The van der Waals surface area contributed by atoms with E-state index in [1.807, 2.05) is 0 Å². The van der Waals surface area contributed by atoms with Crippen molar-refractivity contribution in [2.24, 2.45) is 5.10 Å². The second-order valence-electron chi connectivity index (χ2n) is 6.70. The zero-order chi connectivity index (χ0) is 23.4. The molecule has 10 heteroatoms. The van der Waals surface area contributed by atoms with Crippen LogP contribution in [0.2, 0.25) is 10.0 Å². The molecule has 3 aromatic carbocycles. The summed E-state index contributed by atoms with van der Waals surface area (Å²) in [6.45, 7) is 0.124. The minimum absolute atomic E-state index is 0.124. The summed E-state index contributed by atoms with van der Waals surface area (Å²) >= 11 is 11.8. The lowest BCUT2D eigenvalue weighted by Crippen LogP contribution is -2.17. The van der Waals surface area contributed by atoms with E-state index < -0.39 is 11.9 Å². The molecule has 168 valence electrons. The predicted molar refractivity (Wildman–Crippen MR) is 122 cm³/mol. The van der Waals surface area contributed by atoms with Crippen LogP contribution in [-0.4, -0.2) is 32.0 Å². The van der Waals surface area contributed by atoms with E-state index in [2.05, 4.69) is 10.5 Å². The Labute approximate surface area is 198 Å². The molecule has 0 unspecified atom stereocenters. The summed E-state index contributed by atoms with van der Waals surface area (Å²) in [6, 6.07) is 14.1. The van der Waals surface area contributed by atoms with Gasteiger partial charge in [0.05, 0.1) is 28.9 Å². The van der Waals surface area contributed by atoms with Crippen LogP contribution in [0.3, 0.4) is 0 Å². The van der Waals surface area contributed by atoms with Gasteiger partial charge in [0.15, 0.2) is 23.0 Å². The topological polar surface area (TPSA) is 95.5 Å². The lowest BCUT2D eigenvalue weighted by Gasteiger charge is -2.10. The van der Waals surface area contributed by atoms with Crippen LogP contribution in [0.1, 0.15) is 26.3 Å². The van der Waals surface area contributed by atoms with Crippen LogP contribution in [0.25, 0.3) is 0 Å². The van der Waals surface area contributed by atoms with Crippen molar-refractivity contribution >= 4 is 41.3 Å². The highest BCUT2D eigenvalue weighted by molar-refractivity contribution is 6.42. The highest BCUT2D eigenvalue weighted by Crippen LogP contribution is 2.32. The van der Waals surface area contributed by atoms with Gasteiger partial charge in [0.25, 0.3) is 5.91 Å². The molecular weight excluding hydrogens is 471 g/mol. The fourth-order valence-corrected chi connectivity index (χ4v) is 3.20. The molecule has 0 saturated heterocycles. The van der Waals surface area contributed by atoms with Crippen molar-refractivity contribution in [3.05, 3.63) is 81.3 Å². The number of methoxy groups -OCH3 is 1. The fraction of sp³-hybridized carbons (Fsp3) is 0.0870. The van der Waals surface area contributed by atoms with Gasteiger partial charge in [-0.15, -0.1) is 0 Å². The van der Waals surface area contributed by atoms with Gasteiger partial charge >= 0.3 is 5.97 Å². The Morgan fingerprint density at radius 2 is 1.73 bits per heavy atom. The van der Waals surface area contributed by atoms with Crippen LogP contribution >= 0.6 is 23.2 Å². The van der Waals surface area contributed by atoms with Gasteiger partial charge in [-0.25, -0.2) is 10.2 Å². The zero-order valence-corrected chi connectivity index (χ0v) is 18.6. The number of fused-ring (bicyclic) bond motifs is 1. The summed E-state index contributed by atoms with van der Waals surface area (Å²) < 4.78 is 21.2. The molecule has 1 amide bonds. The van der Waals surface area contributed by atoms with Gasteiger partial charge in [-0.1, -0.05) is 23.2 Å². The molecule has 4 rings (SSSR count). The van der Waals surface area contributed by atoms with Crippen LogP contribution < -0.4 is 24.4 Å². The Bertz CT molecular complexity index is 1260. The van der Waals surface area contributed by atoms with Crippen molar-refractivity contribution in [2.75, 3.05) is 13.9 Å². The lowest BCUT2D eigenvalue weighted by molar-refractivity contribution is 0.0729. The maximum Gasteiger partial charge on any atom is 0.343 e. The summed E-state index contributed by atoms with van der Waals surface area (Å²) in [7, 11) is 1.44. The van der Waals surface area contributed by atoms with Crippen LogP contribution in [0.4, 0.5) is 0 Å². The van der Waals surface area contributed by atoms with E-state index in [1.54, 1.807) is 36.4 Å². The van der Waals surface area contributed by atoms with Crippen LogP contribution in [0.5, 0.6) is 23.0 Å². The van der Waals surface area contributed by atoms with Gasteiger partial charge in [0.2, 0.25) is 6.79 Å². The Morgan fingerprint density at radius 3 is 2.52 bits per heavy atom. The SMILES string of the molecule is COc1cc(C=NNC(=O)c2ccc3c(c2)OCO3)ccc1OC(=O)c1ccc(Cl)c(Cl)c1. The molecule has 0 fully saturated rings. The molecule has 0 aliphatic carbocycles. The quantitative estimate of drug-likeness (QED) is 0.234. The van der Waals surface area contributed by atoms with E-state index in [1.165, 1.54) is 31.5 Å². The predicted octanol–water partition coefficient (Wildman–Crippen LogP) is 4.71. The van der Waals surface area contributed by atoms with Crippen molar-refractivity contribution in [1.82, 2.24) is 5.43 Å². The van der Waals surface area contributed by atoms with E-state index in [-0.39, 0.29) is 23.1 Å². The third-order valence-electron chi connectivity index (χ3n) is 4.56. The molecule has 1 aliphatic heterocycles. The summed E-state index contributed by atoms with van der Waals surface area (Å²) in [6.07, 6.45) is 1.43. The first-order valence-electron chi connectivity index (χ1n) is 9.53. The van der Waals surface area contributed by atoms with Gasteiger partial charge < -0.3 is 18.9 Å². The van der Waals surface area contributed by atoms with Crippen LogP contribution in [0, 0.1) is 0 Å².